The van der Waals surface area contributed by atoms with E-state index in [2.05, 4.69) is 161 Å². The Labute approximate surface area is 277 Å². The van der Waals surface area contributed by atoms with E-state index in [0.717, 1.165) is 56.5 Å². The number of aromatic nitrogens is 5. The predicted octanol–water partition coefficient (Wildman–Crippen LogP) is 8.21. The second-order valence-corrected chi connectivity index (χ2v) is 14.2. The Morgan fingerprint density at radius 1 is 0.729 bits per heavy atom. The molecular formula is C42H31N5O+2. The second-order valence-electron chi connectivity index (χ2n) is 14.2. The molecular weight excluding hydrogens is 590 g/mol. The van der Waals surface area contributed by atoms with E-state index >= 15 is 0 Å². The number of pyridine rings is 2. The highest BCUT2D eigenvalue weighted by Gasteiger charge is 2.68. The summed E-state index contributed by atoms with van der Waals surface area (Å²) in [5.41, 5.74) is 10.6. The third-order valence-corrected chi connectivity index (χ3v) is 10.6. The van der Waals surface area contributed by atoms with Crippen molar-refractivity contribution in [1.82, 2.24) is 14.2 Å². The molecule has 0 aliphatic carbocycles. The van der Waals surface area contributed by atoms with Crippen molar-refractivity contribution in [2.24, 2.45) is 0 Å². The van der Waals surface area contributed by atoms with Crippen LogP contribution in [-0.2, 0) is 11.1 Å². The largest absolute Gasteiger partial charge is 0.456 e. The van der Waals surface area contributed by atoms with Crippen LogP contribution >= 0.6 is 0 Å². The predicted molar refractivity (Wildman–Crippen MR) is 186 cm³/mol. The Hall–Kier alpha value is -6.01. The summed E-state index contributed by atoms with van der Waals surface area (Å²) in [6.45, 7) is 6.86. The van der Waals surface area contributed by atoms with Crippen molar-refractivity contribution in [2.75, 3.05) is 0 Å². The molecule has 228 valence electrons. The maximum atomic E-state index is 6.82. The molecule has 11 rings (SSSR count). The van der Waals surface area contributed by atoms with Gasteiger partial charge in [0.05, 0.1) is 23.7 Å². The minimum atomic E-state index is -0.725. The molecule has 3 aliphatic heterocycles. The van der Waals surface area contributed by atoms with Crippen LogP contribution in [0.15, 0.2) is 134 Å². The van der Waals surface area contributed by atoms with Gasteiger partial charge in [-0.05, 0) is 65.1 Å². The molecule has 0 fully saturated rings. The second kappa shape index (κ2) is 8.66. The maximum Gasteiger partial charge on any atom is 0.397 e. The van der Waals surface area contributed by atoms with Gasteiger partial charge < -0.3 is 4.74 Å². The molecule has 0 N–H and O–H groups in total. The smallest absolute Gasteiger partial charge is 0.397 e. The number of rotatable bonds is 2. The number of nitrogens with zero attached hydrogens (tertiary/aromatic N) is 5. The summed E-state index contributed by atoms with van der Waals surface area (Å²) >= 11 is 0. The van der Waals surface area contributed by atoms with Crippen LogP contribution in [0.5, 0.6) is 11.5 Å². The van der Waals surface area contributed by atoms with Crippen LogP contribution in [0.2, 0.25) is 0 Å². The molecule has 6 nitrogen and oxygen atoms in total. The molecule has 0 bridgehead atoms. The van der Waals surface area contributed by atoms with Crippen molar-refractivity contribution in [3.05, 3.63) is 151 Å². The van der Waals surface area contributed by atoms with Crippen LogP contribution in [0.1, 0.15) is 37.5 Å². The third kappa shape index (κ3) is 3.06. The van der Waals surface area contributed by atoms with Crippen LogP contribution in [0, 0.1) is 0 Å². The quantitative estimate of drug-likeness (QED) is 0.183. The normalized spacial score (nSPS) is 16.5. The molecule has 0 saturated carbocycles. The molecule has 4 aromatic heterocycles. The molecule has 1 atom stereocenters. The van der Waals surface area contributed by atoms with Gasteiger partial charge in [-0.25, -0.2) is 0 Å². The lowest BCUT2D eigenvalue weighted by Crippen LogP contribution is -2.76. The van der Waals surface area contributed by atoms with Crippen molar-refractivity contribution in [1.29, 1.82) is 0 Å². The zero-order valence-corrected chi connectivity index (χ0v) is 26.8. The first-order chi connectivity index (χ1) is 23.4. The lowest BCUT2D eigenvalue weighted by molar-refractivity contribution is -0.993. The van der Waals surface area contributed by atoms with E-state index in [1.807, 2.05) is 12.3 Å². The molecule has 7 heterocycles. The molecule has 0 saturated heterocycles. The number of hydrogen-bond acceptors (Lipinski definition) is 2. The number of fused-ring (bicyclic) bond motifs is 7. The summed E-state index contributed by atoms with van der Waals surface area (Å²) in [6.07, 6.45) is 8.77. The van der Waals surface area contributed by atoms with Crippen LogP contribution in [0.25, 0.3) is 55.7 Å². The highest BCUT2D eigenvalue weighted by atomic mass is 16.5. The fourth-order valence-electron chi connectivity index (χ4n) is 8.42. The molecule has 1 unspecified atom stereocenters. The molecule has 0 radical (unpaired) electrons. The fraction of sp³-hybridized carbons (Fsp3) is 0.119. The van der Waals surface area contributed by atoms with E-state index in [1.54, 1.807) is 0 Å². The first-order valence-electron chi connectivity index (χ1n) is 16.5. The monoisotopic (exact) mass is 621 g/mol. The van der Waals surface area contributed by atoms with E-state index in [1.165, 1.54) is 27.4 Å². The van der Waals surface area contributed by atoms with Crippen molar-refractivity contribution in [3.8, 4) is 45.4 Å². The summed E-state index contributed by atoms with van der Waals surface area (Å²) in [5.74, 6) is 2.89. The van der Waals surface area contributed by atoms with Crippen molar-refractivity contribution < 1.29 is 14.0 Å². The number of para-hydroxylation sites is 1. The van der Waals surface area contributed by atoms with Gasteiger partial charge in [0.15, 0.2) is 11.1 Å². The molecule has 48 heavy (non-hydrogen) atoms. The fourth-order valence-corrected chi connectivity index (χ4v) is 8.42. The number of benzene rings is 4. The summed E-state index contributed by atoms with van der Waals surface area (Å²) in [6, 6.07) is 39.0. The van der Waals surface area contributed by atoms with Gasteiger partial charge in [-0.3, -0.25) is 4.98 Å². The summed E-state index contributed by atoms with van der Waals surface area (Å²) in [5, 5.41) is 2.46. The van der Waals surface area contributed by atoms with Gasteiger partial charge >= 0.3 is 5.66 Å². The van der Waals surface area contributed by atoms with Crippen LogP contribution < -0.4 is 14.0 Å². The Kier molecular flexibility index (Phi) is 4.71. The highest BCUT2D eigenvalue weighted by molar-refractivity contribution is 6.11. The molecule has 3 aliphatic rings. The third-order valence-electron chi connectivity index (χ3n) is 10.6. The molecule has 4 aromatic carbocycles. The summed E-state index contributed by atoms with van der Waals surface area (Å²) in [4.78, 5) is 4.98. The average molecular weight is 622 g/mol. The van der Waals surface area contributed by atoms with E-state index in [-0.39, 0.29) is 5.41 Å². The average Bonchev–Trinajstić information content (AvgIpc) is 3.78. The van der Waals surface area contributed by atoms with E-state index < -0.39 is 5.66 Å². The SMILES string of the molecule is CC(C)(C)c1cc[n+]2c(c1)-n1c3ccccc3c3ccc4c(c31)C21c2c(cccc2-n2cc(-c3ccc(-c5ccccc5)cn3)c[n+]21)O4. The maximum absolute atomic E-state index is 6.82. The van der Waals surface area contributed by atoms with Gasteiger partial charge in [-0.15, -0.1) is 4.68 Å². The van der Waals surface area contributed by atoms with Gasteiger partial charge in [0, 0.05) is 28.6 Å². The Bertz CT molecular complexity index is 2680. The van der Waals surface area contributed by atoms with Crippen LogP contribution in [0.3, 0.4) is 0 Å². The first-order valence-corrected chi connectivity index (χ1v) is 16.5. The van der Waals surface area contributed by atoms with Crippen LogP contribution in [-0.4, -0.2) is 14.2 Å². The standard InChI is InChI=1S/C42H31N5O/c1-41(2,3)29-20-21-44-37(22-29)47-33-13-8-7-12-30(33)31-17-19-36-39(40(31)47)42(44)38-34(14-9-15-35(38)48-36)45-24-28(25-46(42)45)32-18-16-27(23-43-32)26-10-5-4-6-11-26/h4-25H,1-3H3/q+2. The topological polar surface area (TPSA) is 39.7 Å². The Morgan fingerprint density at radius 2 is 1.56 bits per heavy atom. The van der Waals surface area contributed by atoms with Gasteiger partial charge in [-0.1, -0.05) is 80.1 Å². The molecule has 1 spiro atoms. The summed E-state index contributed by atoms with van der Waals surface area (Å²) in [7, 11) is 0. The van der Waals surface area contributed by atoms with Crippen molar-refractivity contribution in [3.63, 3.8) is 0 Å². The molecule has 8 aromatic rings. The minimum Gasteiger partial charge on any atom is -0.456 e. The lowest BCUT2D eigenvalue weighted by Gasteiger charge is -2.33. The molecule has 0 amide bonds. The zero-order chi connectivity index (χ0) is 31.9. The number of ether oxygens (including phenoxy) is 1. The number of hydrogen-bond donors (Lipinski definition) is 0. The van der Waals surface area contributed by atoms with Crippen LogP contribution in [0.4, 0.5) is 0 Å². The molecule has 6 heteroatoms. The van der Waals surface area contributed by atoms with E-state index in [4.69, 9.17) is 9.72 Å². The Balaban J connectivity index is 1.25. The van der Waals surface area contributed by atoms with E-state index in [0.29, 0.717) is 0 Å². The van der Waals surface area contributed by atoms with Crippen molar-refractivity contribution in [2.45, 2.75) is 31.8 Å². The van der Waals surface area contributed by atoms with Gasteiger partial charge in [0.25, 0.3) is 5.82 Å². The van der Waals surface area contributed by atoms with Gasteiger partial charge in [-0.2, -0.15) is 9.13 Å². The highest BCUT2D eigenvalue weighted by Crippen LogP contribution is 2.55. The lowest BCUT2D eigenvalue weighted by atomic mass is 9.83. The Morgan fingerprint density at radius 3 is 2.40 bits per heavy atom. The van der Waals surface area contributed by atoms with Crippen molar-refractivity contribution >= 4 is 21.8 Å². The summed E-state index contributed by atoms with van der Waals surface area (Å²) < 4.78 is 16.5. The minimum absolute atomic E-state index is 0.0238. The zero-order valence-electron chi connectivity index (χ0n) is 26.8. The van der Waals surface area contributed by atoms with Gasteiger partial charge in [0.1, 0.15) is 28.3 Å². The first kappa shape index (κ1) is 26.1. The van der Waals surface area contributed by atoms with Gasteiger partial charge in [0.2, 0.25) is 6.20 Å². The van der Waals surface area contributed by atoms with E-state index in [9.17, 15) is 0 Å².